The van der Waals surface area contributed by atoms with Crippen molar-refractivity contribution < 1.29 is 9.59 Å². The molecule has 11 heteroatoms. The maximum absolute atomic E-state index is 13.6. The van der Waals surface area contributed by atoms with Crippen LogP contribution in [0, 0.1) is 22.7 Å². The van der Waals surface area contributed by atoms with Crippen LogP contribution in [0.25, 0.3) is 6.08 Å². The monoisotopic (exact) mass is 646 g/mol. The lowest BCUT2D eigenvalue weighted by Crippen LogP contribution is -2.42. The normalized spacial score (nSPS) is 18.4. The van der Waals surface area contributed by atoms with Crippen LogP contribution >= 0.6 is 39.0 Å². The number of hydrogen-bond donors (Lipinski definition) is 2. The van der Waals surface area contributed by atoms with Gasteiger partial charge in [-0.2, -0.15) is 5.26 Å². The van der Waals surface area contributed by atoms with Crippen LogP contribution in [0.15, 0.2) is 92.1 Å². The van der Waals surface area contributed by atoms with Crippen LogP contribution in [0.2, 0.25) is 0 Å². The van der Waals surface area contributed by atoms with E-state index in [9.17, 15) is 14.9 Å². The van der Waals surface area contributed by atoms with E-state index >= 15 is 0 Å². The van der Waals surface area contributed by atoms with Crippen molar-refractivity contribution in [3.63, 3.8) is 0 Å². The van der Waals surface area contributed by atoms with Gasteiger partial charge >= 0.3 is 0 Å². The third kappa shape index (κ3) is 6.30. The lowest BCUT2D eigenvalue weighted by molar-refractivity contribution is -0.118. The molecule has 2 heterocycles. The van der Waals surface area contributed by atoms with Gasteiger partial charge in [-0.1, -0.05) is 91.6 Å². The third-order valence-electron chi connectivity index (χ3n) is 6.77. The van der Waals surface area contributed by atoms with E-state index in [2.05, 4.69) is 37.5 Å². The minimum Gasteiger partial charge on any atom is -0.384 e. The fourth-order valence-corrected chi connectivity index (χ4v) is 7.02. The molecule has 1 aromatic heterocycles. The molecule has 2 aromatic carbocycles. The molecule has 5 rings (SSSR count). The molecule has 0 spiro atoms. The van der Waals surface area contributed by atoms with E-state index < -0.39 is 5.92 Å². The summed E-state index contributed by atoms with van der Waals surface area (Å²) in [5, 5.41) is 22.2. The highest BCUT2D eigenvalue weighted by Crippen LogP contribution is 2.48. The number of anilines is 2. The molecular weight excluding hydrogens is 620 g/mol. The molecule has 208 valence electrons. The largest absolute Gasteiger partial charge is 0.384 e. The number of aromatic nitrogens is 2. The van der Waals surface area contributed by atoms with E-state index in [1.807, 2.05) is 80.6 Å². The molecule has 1 aliphatic heterocycles. The number of benzene rings is 2. The van der Waals surface area contributed by atoms with Gasteiger partial charge in [0.1, 0.15) is 5.82 Å². The molecule has 1 aliphatic carbocycles. The van der Waals surface area contributed by atoms with E-state index in [1.54, 1.807) is 4.90 Å². The summed E-state index contributed by atoms with van der Waals surface area (Å²) in [5.41, 5.74) is 9.62. The number of nitriles is 1. The summed E-state index contributed by atoms with van der Waals surface area (Å²) in [5.74, 6) is -0.375. The highest BCUT2D eigenvalue weighted by Gasteiger charge is 2.44. The summed E-state index contributed by atoms with van der Waals surface area (Å²) >= 11 is 5.95. The zero-order chi connectivity index (χ0) is 29.1. The van der Waals surface area contributed by atoms with Crippen LogP contribution < -0.4 is 16.0 Å². The van der Waals surface area contributed by atoms with Crippen molar-refractivity contribution in [2.24, 2.45) is 17.1 Å². The minimum absolute atomic E-state index is 0.00734. The number of carbonyl (C=O) groups is 2. The molecule has 3 aromatic rings. The lowest BCUT2D eigenvalue weighted by Gasteiger charge is -2.41. The number of halogens is 1. The average Bonchev–Trinajstić information content (AvgIpc) is 3.40. The topological polar surface area (TPSA) is 125 Å². The number of rotatable bonds is 7. The van der Waals surface area contributed by atoms with Gasteiger partial charge in [-0.15, -0.1) is 10.2 Å². The molecule has 1 atom stereocenters. The van der Waals surface area contributed by atoms with E-state index in [4.69, 9.17) is 5.73 Å². The molecule has 1 unspecified atom stereocenters. The Morgan fingerprint density at radius 1 is 1.22 bits per heavy atom. The maximum Gasteiger partial charge on any atom is 0.234 e. The second kappa shape index (κ2) is 12.0. The predicted octanol–water partition coefficient (Wildman–Crippen LogP) is 6.52. The molecule has 3 N–H and O–H groups in total. The number of Topliss-reactive ketones (excluding diaryl/α,β-unsaturated/α-hetero) is 1. The summed E-state index contributed by atoms with van der Waals surface area (Å²) in [7, 11) is 0. The number of para-hydroxylation sites is 1. The second-order valence-electron chi connectivity index (χ2n) is 10.5. The van der Waals surface area contributed by atoms with Crippen LogP contribution in [0.5, 0.6) is 0 Å². The maximum atomic E-state index is 13.6. The Kier molecular flexibility index (Phi) is 8.45. The first-order valence-electron chi connectivity index (χ1n) is 12.9. The van der Waals surface area contributed by atoms with E-state index in [0.717, 1.165) is 15.7 Å². The molecule has 0 saturated carbocycles. The first-order chi connectivity index (χ1) is 19.7. The summed E-state index contributed by atoms with van der Waals surface area (Å²) in [6.07, 6.45) is 4.76. The summed E-state index contributed by atoms with van der Waals surface area (Å²) in [6.45, 7) is 4.10. The SMILES string of the molecule is CC1(C)CC(=O)C2=C(C1)N(c1nnc(SCC(=O)Nc3ccccc3Br)s1)C(N)=C(C#N)C2/C=C/c1ccccc1. The second-order valence-corrected chi connectivity index (χ2v) is 13.5. The minimum atomic E-state index is -0.558. The molecule has 8 nitrogen and oxygen atoms in total. The van der Waals surface area contributed by atoms with Gasteiger partial charge in [-0.3, -0.25) is 14.5 Å². The Bertz CT molecular complexity index is 1640. The Hall–Kier alpha value is -3.72. The number of amides is 1. The van der Waals surface area contributed by atoms with Gasteiger partial charge in [0.2, 0.25) is 11.0 Å². The van der Waals surface area contributed by atoms with Crippen molar-refractivity contribution in [1.29, 1.82) is 5.26 Å². The Morgan fingerprint density at radius 3 is 2.68 bits per heavy atom. The highest BCUT2D eigenvalue weighted by atomic mass is 79.9. The number of nitrogens with two attached hydrogens (primary N) is 1. The summed E-state index contributed by atoms with van der Waals surface area (Å²) in [6, 6.07) is 19.4. The first kappa shape index (κ1) is 28.8. The molecule has 0 fully saturated rings. The van der Waals surface area contributed by atoms with Crippen molar-refractivity contribution in [3.05, 3.63) is 93.4 Å². The third-order valence-corrected chi connectivity index (χ3v) is 9.50. The molecule has 0 bridgehead atoms. The van der Waals surface area contributed by atoms with Crippen molar-refractivity contribution in [2.75, 3.05) is 16.0 Å². The smallest absolute Gasteiger partial charge is 0.234 e. The Labute approximate surface area is 255 Å². The highest BCUT2D eigenvalue weighted by molar-refractivity contribution is 9.10. The molecule has 1 amide bonds. The van der Waals surface area contributed by atoms with E-state index in [1.165, 1.54) is 23.1 Å². The quantitative estimate of drug-likeness (QED) is 0.278. The molecule has 0 radical (unpaired) electrons. The summed E-state index contributed by atoms with van der Waals surface area (Å²) < 4.78 is 1.37. The number of hydrogen-bond acceptors (Lipinski definition) is 9. The van der Waals surface area contributed by atoms with Gasteiger partial charge in [0, 0.05) is 28.1 Å². The van der Waals surface area contributed by atoms with Crippen LogP contribution in [-0.2, 0) is 9.59 Å². The average molecular weight is 648 g/mol. The Morgan fingerprint density at radius 2 is 1.95 bits per heavy atom. The number of nitrogens with zero attached hydrogens (tertiary/aromatic N) is 4. The van der Waals surface area contributed by atoms with Crippen LogP contribution in [0.3, 0.4) is 0 Å². The van der Waals surface area contributed by atoms with Crippen molar-refractivity contribution >= 4 is 67.6 Å². The number of thioether (sulfide) groups is 1. The number of ketones is 1. The van der Waals surface area contributed by atoms with Gasteiger partial charge < -0.3 is 11.1 Å². The fraction of sp³-hybridized carbons (Fsp3) is 0.233. The number of allylic oxidation sites excluding steroid dienone is 4. The zero-order valence-electron chi connectivity index (χ0n) is 22.4. The standard InChI is InChI=1S/C30H27BrN6O2S2/c1-30(2)14-23-26(24(38)15-30)19(13-12-18-8-4-3-5-9-18)20(16-32)27(33)37(23)28-35-36-29(41-28)40-17-25(39)34-22-11-7-6-10-21(22)31/h3-13,19H,14-15,17,33H2,1-2H3,(H,34,39)/b13-12+. The van der Waals surface area contributed by atoms with E-state index in [-0.39, 0.29) is 28.7 Å². The summed E-state index contributed by atoms with van der Waals surface area (Å²) in [4.78, 5) is 27.9. The molecule has 41 heavy (non-hydrogen) atoms. The van der Waals surface area contributed by atoms with Crippen LogP contribution in [-0.4, -0.2) is 27.6 Å². The number of carbonyl (C=O) groups excluding carboxylic acids is 2. The lowest BCUT2D eigenvalue weighted by atomic mass is 9.70. The van der Waals surface area contributed by atoms with E-state index in [0.29, 0.717) is 39.1 Å². The molecule has 0 saturated heterocycles. The van der Waals surface area contributed by atoms with Crippen LogP contribution in [0.1, 0.15) is 32.3 Å². The van der Waals surface area contributed by atoms with Crippen molar-refractivity contribution in [2.45, 2.75) is 31.0 Å². The Balaban J connectivity index is 1.44. The fourth-order valence-electron chi connectivity index (χ4n) is 4.96. The van der Waals surface area contributed by atoms with Gasteiger partial charge in [0.25, 0.3) is 0 Å². The van der Waals surface area contributed by atoms with Crippen LogP contribution in [0.4, 0.5) is 10.8 Å². The molecular formula is C30H27BrN6O2S2. The van der Waals surface area contributed by atoms with Crippen molar-refractivity contribution in [3.8, 4) is 6.07 Å². The van der Waals surface area contributed by atoms with Gasteiger partial charge in [0.15, 0.2) is 10.1 Å². The number of nitrogens with one attached hydrogen (secondary N) is 1. The van der Waals surface area contributed by atoms with Crippen molar-refractivity contribution in [1.82, 2.24) is 10.2 Å². The first-order valence-corrected chi connectivity index (χ1v) is 15.5. The zero-order valence-corrected chi connectivity index (χ0v) is 25.6. The molecule has 2 aliphatic rings. The van der Waals surface area contributed by atoms with Gasteiger partial charge in [-0.05, 0) is 45.5 Å². The van der Waals surface area contributed by atoms with Gasteiger partial charge in [-0.25, -0.2) is 0 Å². The predicted molar refractivity (Wildman–Crippen MR) is 167 cm³/mol. The van der Waals surface area contributed by atoms with Gasteiger partial charge in [0.05, 0.1) is 23.1 Å².